The van der Waals surface area contributed by atoms with Crippen LogP contribution in [-0.4, -0.2) is 75.2 Å². The molecule has 2 unspecified atom stereocenters. The minimum absolute atomic E-state index is 0.0473. The van der Waals surface area contributed by atoms with E-state index in [4.69, 9.17) is 9.47 Å². The average Bonchev–Trinajstić information content (AvgIpc) is 2.97. The molecular weight excluding hydrogens is 511 g/mol. The normalized spacial score (nSPS) is 19.1. The highest BCUT2D eigenvalue weighted by Gasteiger charge is 2.46. The molecule has 1 aliphatic heterocycles. The van der Waals surface area contributed by atoms with E-state index in [0.717, 1.165) is 0 Å². The third-order valence-electron chi connectivity index (χ3n) is 7.69. The second-order valence-electron chi connectivity index (χ2n) is 10.4. The zero-order valence-corrected chi connectivity index (χ0v) is 23.5. The standard InChI is InChI=1S/C32H35FN2O5/c1-20-25(13-8-14-28(20)33)30-26(31(37)21-9-6-11-23(15-21)39-4)17-35(19-29(36)34(2)3)18-27(30)32(38)22-10-7-12-24(16-22)40-5/h6-16,26-27,30H,17-19H2,1-5H3. The van der Waals surface area contributed by atoms with Gasteiger partial charge in [-0.05, 0) is 48.4 Å². The average molecular weight is 547 g/mol. The molecule has 8 heteroatoms. The minimum Gasteiger partial charge on any atom is -0.497 e. The van der Waals surface area contributed by atoms with Gasteiger partial charge in [0.25, 0.3) is 0 Å². The van der Waals surface area contributed by atoms with Gasteiger partial charge in [0.1, 0.15) is 17.3 Å². The molecule has 40 heavy (non-hydrogen) atoms. The Morgan fingerprint density at radius 2 is 1.35 bits per heavy atom. The van der Waals surface area contributed by atoms with Crippen LogP contribution in [0.3, 0.4) is 0 Å². The first-order valence-corrected chi connectivity index (χ1v) is 13.2. The lowest BCUT2D eigenvalue weighted by Gasteiger charge is -2.43. The summed E-state index contributed by atoms with van der Waals surface area (Å²) in [6.45, 7) is 2.19. The molecule has 0 radical (unpaired) electrons. The zero-order chi connectivity index (χ0) is 29.0. The summed E-state index contributed by atoms with van der Waals surface area (Å²) >= 11 is 0. The Labute approximate surface area is 234 Å². The third kappa shape index (κ3) is 6.07. The Morgan fingerprint density at radius 1 is 0.850 bits per heavy atom. The number of ether oxygens (including phenoxy) is 2. The number of rotatable bonds is 9. The van der Waals surface area contributed by atoms with Crippen LogP contribution in [0.1, 0.15) is 37.8 Å². The monoisotopic (exact) mass is 546 g/mol. The summed E-state index contributed by atoms with van der Waals surface area (Å²) in [5, 5.41) is 0. The van der Waals surface area contributed by atoms with Crippen molar-refractivity contribution in [1.29, 1.82) is 0 Å². The van der Waals surface area contributed by atoms with E-state index in [1.807, 2.05) is 4.90 Å². The summed E-state index contributed by atoms with van der Waals surface area (Å²) < 4.78 is 25.6. The number of benzene rings is 3. The number of halogens is 1. The molecule has 3 aromatic carbocycles. The number of hydrogen-bond acceptors (Lipinski definition) is 6. The van der Waals surface area contributed by atoms with Crippen molar-refractivity contribution >= 4 is 17.5 Å². The lowest BCUT2D eigenvalue weighted by Crippen LogP contribution is -2.52. The van der Waals surface area contributed by atoms with Gasteiger partial charge in [-0.15, -0.1) is 0 Å². The maximum atomic E-state index is 14.9. The van der Waals surface area contributed by atoms with Gasteiger partial charge < -0.3 is 14.4 Å². The Hall–Kier alpha value is -4.04. The van der Waals surface area contributed by atoms with Crippen LogP contribution in [0.2, 0.25) is 0 Å². The number of carbonyl (C=O) groups is 3. The summed E-state index contributed by atoms with van der Waals surface area (Å²) in [5.41, 5.74) is 1.87. The first kappa shape index (κ1) is 29.0. The van der Waals surface area contributed by atoms with Crippen LogP contribution in [0.25, 0.3) is 0 Å². The van der Waals surface area contributed by atoms with E-state index in [2.05, 4.69) is 0 Å². The molecule has 0 aliphatic carbocycles. The Balaban J connectivity index is 1.87. The molecule has 210 valence electrons. The van der Waals surface area contributed by atoms with Gasteiger partial charge in [0.2, 0.25) is 5.91 Å². The number of nitrogens with zero attached hydrogens (tertiary/aromatic N) is 2. The molecule has 0 saturated carbocycles. The molecular formula is C32H35FN2O5. The number of ketones is 2. The highest BCUT2D eigenvalue weighted by molar-refractivity contribution is 6.02. The maximum absolute atomic E-state index is 14.9. The van der Waals surface area contributed by atoms with Crippen molar-refractivity contribution in [3.63, 3.8) is 0 Å². The molecule has 0 aromatic heterocycles. The molecule has 0 spiro atoms. The van der Waals surface area contributed by atoms with E-state index in [1.54, 1.807) is 81.7 Å². The molecule has 2 atom stereocenters. The lowest BCUT2D eigenvalue weighted by molar-refractivity contribution is -0.130. The van der Waals surface area contributed by atoms with Crippen LogP contribution in [0, 0.1) is 24.6 Å². The van der Waals surface area contributed by atoms with Crippen LogP contribution in [-0.2, 0) is 4.79 Å². The van der Waals surface area contributed by atoms with E-state index in [9.17, 15) is 18.8 Å². The summed E-state index contributed by atoms with van der Waals surface area (Å²) in [7, 11) is 6.40. The van der Waals surface area contributed by atoms with E-state index < -0.39 is 23.6 Å². The maximum Gasteiger partial charge on any atom is 0.236 e. The molecule has 7 nitrogen and oxygen atoms in total. The van der Waals surface area contributed by atoms with Crippen molar-refractivity contribution < 1.29 is 28.2 Å². The van der Waals surface area contributed by atoms with Crippen molar-refractivity contribution in [2.45, 2.75) is 12.8 Å². The van der Waals surface area contributed by atoms with Crippen molar-refractivity contribution in [2.75, 3.05) is 47.9 Å². The molecule has 0 bridgehead atoms. The first-order chi connectivity index (χ1) is 19.1. The van der Waals surface area contributed by atoms with Gasteiger partial charge in [-0.3, -0.25) is 19.3 Å². The van der Waals surface area contributed by atoms with Crippen molar-refractivity contribution in [3.8, 4) is 11.5 Å². The number of methoxy groups -OCH3 is 2. The van der Waals surface area contributed by atoms with Crippen LogP contribution in [0.15, 0.2) is 66.7 Å². The van der Waals surface area contributed by atoms with E-state index in [0.29, 0.717) is 33.8 Å². The number of hydrogen-bond donors (Lipinski definition) is 0. The quantitative estimate of drug-likeness (QED) is 0.364. The van der Waals surface area contributed by atoms with Gasteiger partial charge in [0.15, 0.2) is 11.6 Å². The fraction of sp³-hybridized carbons (Fsp3) is 0.344. The van der Waals surface area contributed by atoms with Crippen molar-refractivity contribution in [1.82, 2.24) is 9.80 Å². The molecule has 1 amide bonds. The topological polar surface area (TPSA) is 76.2 Å². The Kier molecular flexibility index (Phi) is 9.00. The summed E-state index contributed by atoms with van der Waals surface area (Å²) in [4.78, 5) is 44.5. The number of amides is 1. The highest BCUT2D eigenvalue weighted by atomic mass is 19.1. The predicted molar refractivity (Wildman–Crippen MR) is 151 cm³/mol. The molecule has 3 aromatic rings. The highest BCUT2D eigenvalue weighted by Crippen LogP contribution is 2.42. The number of carbonyl (C=O) groups excluding carboxylic acids is 3. The smallest absolute Gasteiger partial charge is 0.236 e. The first-order valence-electron chi connectivity index (χ1n) is 13.2. The van der Waals surface area contributed by atoms with Gasteiger partial charge >= 0.3 is 0 Å². The number of piperidine rings is 1. The fourth-order valence-electron chi connectivity index (χ4n) is 5.49. The predicted octanol–water partition coefficient (Wildman–Crippen LogP) is 4.64. The van der Waals surface area contributed by atoms with Gasteiger partial charge in [-0.1, -0.05) is 36.4 Å². The number of Topliss-reactive ketones (excluding diaryl/α,β-unsaturated/α-hetero) is 2. The zero-order valence-electron chi connectivity index (χ0n) is 23.5. The van der Waals surface area contributed by atoms with Gasteiger partial charge in [-0.2, -0.15) is 0 Å². The molecule has 4 rings (SSSR count). The lowest BCUT2D eigenvalue weighted by atomic mass is 9.67. The minimum atomic E-state index is -0.726. The van der Waals surface area contributed by atoms with Crippen LogP contribution in [0.4, 0.5) is 4.39 Å². The van der Waals surface area contributed by atoms with E-state index in [-0.39, 0.29) is 37.1 Å². The van der Waals surface area contributed by atoms with Crippen molar-refractivity contribution in [2.24, 2.45) is 11.8 Å². The van der Waals surface area contributed by atoms with E-state index in [1.165, 1.54) is 25.2 Å². The second kappa shape index (κ2) is 12.4. The number of likely N-dealkylation sites (N-methyl/N-ethyl adjacent to an activating group) is 1. The largest absolute Gasteiger partial charge is 0.497 e. The van der Waals surface area contributed by atoms with Gasteiger partial charge in [-0.25, -0.2) is 4.39 Å². The van der Waals surface area contributed by atoms with Gasteiger partial charge in [0.05, 0.1) is 20.8 Å². The Morgan fingerprint density at radius 3 is 1.82 bits per heavy atom. The summed E-state index contributed by atoms with van der Waals surface area (Å²) in [6.07, 6.45) is 0. The summed E-state index contributed by atoms with van der Waals surface area (Å²) in [5.74, 6) is -1.95. The van der Waals surface area contributed by atoms with Crippen molar-refractivity contribution in [3.05, 3.63) is 94.8 Å². The van der Waals surface area contributed by atoms with Crippen LogP contribution in [0.5, 0.6) is 11.5 Å². The molecule has 1 saturated heterocycles. The molecule has 1 fully saturated rings. The Bertz CT molecular complexity index is 1340. The number of likely N-dealkylation sites (tertiary alicyclic amines) is 1. The molecule has 1 heterocycles. The van der Waals surface area contributed by atoms with Crippen LogP contribution >= 0.6 is 0 Å². The van der Waals surface area contributed by atoms with Crippen LogP contribution < -0.4 is 9.47 Å². The third-order valence-corrected chi connectivity index (χ3v) is 7.69. The molecule has 1 aliphatic rings. The summed E-state index contributed by atoms with van der Waals surface area (Å²) in [6, 6.07) is 18.5. The van der Waals surface area contributed by atoms with Gasteiger partial charge in [0, 0.05) is 56.1 Å². The second-order valence-corrected chi connectivity index (χ2v) is 10.4. The molecule has 0 N–H and O–H groups in total. The fourth-order valence-corrected chi connectivity index (χ4v) is 5.49. The SMILES string of the molecule is COc1cccc(C(=O)C2CN(CC(=O)N(C)C)CC(C(=O)c3cccc(OC)c3)C2c2cccc(F)c2C)c1. The van der Waals surface area contributed by atoms with E-state index >= 15 is 0 Å².